The highest BCUT2D eigenvalue weighted by Crippen LogP contribution is 2.43. The monoisotopic (exact) mass is 1920 g/mol. The highest BCUT2D eigenvalue weighted by Gasteiger charge is 2.34. The standard InChI is InChI=1S/C120H114N8O16/c1-73(113(129)137-65-81-33-17-9-18-34-81)49-89-57-97-98(58-90(89)50-74(2)114(130)138-66-82-35-19-10-20-36-82)106-121-105(97)125-107-99-59-91(51-75(3)115(131)139-67-83-37-21-11-22-38-83)92(52-76(4)116(132)140-68-84-39-23-12-24-40-84)60-100(99)109(122-107)127-111-103-63-95(55-79(7)119(135)143-71-87-45-29-15-30-46-87)96(56-80(8)120(136)144-72-88-47-31-16-32-48-88)64-104(103)112(124-111)128-110-102-62-94(54-78(6)118(134)142-70-86-43-27-14-28-44-86)93(61-101(102)108(123-110)126-106)53-77(5)117(133)141-69-85-41-25-13-26-42-85/h9-48,57-64,73-80H,49-56,65-72H2,1-8H3,(H2,121,122,123,124,125,126,127,128). The van der Waals surface area contributed by atoms with Crippen LogP contribution in [0.1, 0.15) is 144 Å². The molecule has 0 radical (unpaired) electrons. The number of nitrogens with zero attached hydrogens (tertiary/aromatic N) is 6. The van der Waals surface area contributed by atoms with Crippen molar-refractivity contribution in [1.82, 2.24) is 39.9 Å². The largest absolute Gasteiger partial charge is 0.461 e. The molecule has 144 heavy (non-hydrogen) atoms. The molecule has 5 heterocycles. The van der Waals surface area contributed by atoms with Crippen LogP contribution in [-0.4, -0.2) is 87.6 Å². The molecule has 24 heteroatoms. The fraction of sp³-hybridized carbons (Fsp3) is 0.267. The van der Waals surface area contributed by atoms with Gasteiger partial charge in [-0.05, 0) is 189 Å². The van der Waals surface area contributed by atoms with Gasteiger partial charge in [-0.15, -0.1) is 0 Å². The maximum absolute atomic E-state index is 14.6. The van der Waals surface area contributed by atoms with Gasteiger partial charge in [-0.1, -0.05) is 298 Å². The van der Waals surface area contributed by atoms with E-state index < -0.39 is 95.1 Å². The molecule has 24 nitrogen and oxygen atoms in total. The Labute approximate surface area is 835 Å². The third-order valence-corrected chi connectivity index (χ3v) is 26.3. The first-order valence-electron chi connectivity index (χ1n) is 49.0. The zero-order valence-electron chi connectivity index (χ0n) is 81.9. The highest BCUT2D eigenvalue weighted by molar-refractivity contribution is 6.08. The van der Waals surface area contributed by atoms with Gasteiger partial charge in [0.25, 0.3) is 0 Å². The molecule has 0 saturated carbocycles. The molecule has 0 fully saturated rings. The van der Waals surface area contributed by atoms with Gasteiger partial charge in [-0.25, -0.2) is 29.9 Å². The van der Waals surface area contributed by atoms with E-state index in [0.29, 0.717) is 88.3 Å². The lowest BCUT2D eigenvalue weighted by atomic mass is 9.88. The van der Waals surface area contributed by atoms with Crippen LogP contribution in [-0.2, 0) is 180 Å². The molecule has 15 aromatic rings. The Hall–Kier alpha value is -16.2. The summed E-state index contributed by atoms with van der Waals surface area (Å²) in [5.41, 5.74) is 14.6. The summed E-state index contributed by atoms with van der Waals surface area (Å²) >= 11 is 0. The highest BCUT2D eigenvalue weighted by atomic mass is 16.6. The third kappa shape index (κ3) is 25.0. The van der Waals surface area contributed by atoms with Gasteiger partial charge in [0.2, 0.25) is 0 Å². The molecule has 2 aliphatic heterocycles. The SMILES string of the molecule is CC(Cc1cc2c(cc1CC(C)C(=O)OCc1ccccc1)-c1nc-2nc2[nH]c(nc3nc(nc4[nH]c(n1)c1cc(CC(C)C(=O)OCc5ccccc5)c(CC(C)C(=O)OCc5ccccc5)cc41)-c1cc(CC(C)C(=O)OCc4ccccc4)c(CC(C)C(=O)OCc4ccccc4)cc1-3)c1cc(CC(C)C(=O)OCc3ccccc3)c(CC(C)C(=O)OCc3ccccc3)cc21)C(=O)OCc1ccccc1. The van der Waals surface area contributed by atoms with Gasteiger partial charge in [0.15, 0.2) is 23.3 Å². The Balaban J connectivity index is 0.919. The second-order valence-corrected chi connectivity index (χ2v) is 37.9. The van der Waals surface area contributed by atoms with Crippen LogP contribution in [0.25, 0.3) is 89.7 Å². The molecule has 8 atom stereocenters. The van der Waals surface area contributed by atoms with Gasteiger partial charge >= 0.3 is 47.8 Å². The fourth-order valence-corrected chi connectivity index (χ4v) is 18.1. The van der Waals surface area contributed by atoms with Crippen molar-refractivity contribution in [3.8, 4) is 45.6 Å². The maximum Gasteiger partial charge on any atom is 0.309 e. The van der Waals surface area contributed by atoms with Crippen LogP contribution in [0.15, 0.2) is 291 Å². The Morgan fingerprint density at radius 2 is 0.326 bits per heavy atom. The Bertz CT molecular complexity index is 6500. The van der Waals surface area contributed by atoms with Crippen molar-refractivity contribution in [2.24, 2.45) is 47.3 Å². The zero-order valence-corrected chi connectivity index (χ0v) is 81.9. The number of H-pyrrole nitrogens is 2. The summed E-state index contributed by atoms with van der Waals surface area (Å²) < 4.78 is 48.5. The molecule has 8 unspecified atom stereocenters. The van der Waals surface area contributed by atoms with E-state index in [0.717, 1.165) is 44.5 Å². The van der Waals surface area contributed by atoms with Crippen molar-refractivity contribution in [2.75, 3.05) is 0 Å². The van der Waals surface area contributed by atoms with Gasteiger partial charge in [0.05, 0.1) is 47.3 Å². The minimum absolute atomic E-state index is 0.0256. The van der Waals surface area contributed by atoms with E-state index in [4.69, 9.17) is 67.8 Å². The Morgan fingerprint density at radius 1 is 0.194 bits per heavy atom. The first-order chi connectivity index (χ1) is 69.9. The molecule has 0 aliphatic carbocycles. The van der Waals surface area contributed by atoms with Crippen LogP contribution >= 0.6 is 0 Å². The molecule has 730 valence electrons. The van der Waals surface area contributed by atoms with Gasteiger partial charge in [0, 0.05) is 43.8 Å². The smallest absolute Gasteiger partial charge is 0.309 e. The van der Waals surface area contributed by atoms with Crippen LogP contribution < -0.4 is 0 Å². The maximum atomic E-state index is 14.6. The van der Waals surface area contributed by atoms with Gasteiger partial charge in [0.1, 0.15) is 75.4 Å². The van der Waals surface area contributed by atoms with Crippen LogP contribution in [0.2, 0.25) is 0 Å². The number of fused-ring (bicyclic) bond motifs is 20. The van der Waals surface area contributed by atoms with Crippen molar-refractivity contribution < 1.29 is 76.3 Å². The van der Waals surface area contributed by atoms with Crippen LogP contribution in [0.4, 0.5) is 0 Å². The predicted octanol–water partition coefficient (Wildman–Crippen LogP) is 22.2. The minimum atomic E-state index is -0.753. The van der Waals surface area contributed by atoms with Crippen molar-refractivity contribution in [3.63, 3.8) is 0 Å². The molecule has 2 aliphatic rings. The number of ether oxygens (including phenoxy) is 8. The molecule has 0 saturated heterocycles. The average Bonchev–Trinajstić information content (AvgIpc) is 1.59. The Kier molecular flexibility index (Phi) is 32.0. The van der Waals surface area contributed by atoms with E-state index in [1.165, 1.54) is 0 Å². The van der Waals surface area contributed by atoms with Crippen LogP contribution in [0.3, 0.4) is 0 Å². The van der Waals surface area contributed by atoms with Gasteiger partial charge in [-0.2, -0.15) is 0 Å². The van der Waals surface area contributed by atoms with E-state index in [1.807, 2.05) is 291 Å². The third-order valence-electron chi connectivity index (χ3n) is 26.3. The molecular formula is C120H114N8O16. The number of rotatable bonds is 40. The van der Waals surface area contributed by atoms with E-state index in [9.17, 15) is 38.4 Å². The zero-order chi connectivity index (χ0) is 100. The summed E-state index contributed by atoms with van der Waals surface area (Å²) in [6.45, 7) is 14.6. The first-order valence-corrected chi connectivity index (χ1v) is 49.0. The second kappa shape index (κ2) is 46.4. The topological polar surface area (TPSA) is 319 Å². The molecule has 17 rings (SSSR count). The van der Waals surface area contributed by atoms with Crippen molar-refractivity contribution in [2.45, 2.75) is 160 Å². The van der Waals surface area contributed by atoms with E-state index in [2.05, 4.69) is 9.97 Å². The van der Waals surface area contributed by atoms with Crippen molar-refractivity contribution in [3.05, 3.63) is 380 Å². The van der Waals surface area contributed by atoms with Crippen LogP contribution in [0, 0.1) is 47.3 Å². The molecule has 8 bridgehead atoms. The normalized spacial score (nSPS) is 13.2. The van der Waals surface area contributed by atoms with Crippen molar-refractivity contribution in [1.29, 1.82) is 0 Å². The summed E-state index contributed by atoms with van der Waals surface area (Å²) in [5, 5.41) is 2.02. The number of benzene rings is 12. The number of nitrogens with one attached hydrogen (secondary N) is 2. The fourth-order valence-electron chi connectivity index (χ4n) is 18.1. The number of esters is 8. The second-order valence-electron chi connectivity index (χ2n) is 37.9. The minimum Gasteiger partial charge on any atom is -0.461 e. The Morgan fingerprint density at radius 3 is 0.465 bits per heavy atom. The summed E-state index contributed by atoms with van der Waals surface area (Å²) in [5.74, 6) is -9.12. The number of carbonyl (C=O) groups is 8. The lowest BCUT2D eigenvalue weighted by Gasteiger charge is -2.19. The average molecular weight is 1920 g/mol. The molecule has 3 aromatic heterocycles. The molecule has 2 N–H and O–H groups in total. The molecular weight excluding hydrogens is 1810 g/mol. The molecule has 0 spiro atoms. The summed E-state index contributed by atoms with van der Waals surface area (Å²) in [6, 6.07) is 91.0. The van der Waals surface area contributed by atoms with E-state index in [-0.39, 0.29) is 150 Å². The number of hydrogen-bond acceptors (Lipinski definition) is 22. The molecule has 12 aromatic carbocycles. The number of carbonyl (C=O) groups excluding carboxylic acids is 8. The van der Waals surface area contributed by atoms with Gasteiger partial charge < -0.3 is 47.9 Å². The predicted molar refractivity (Wildman–Crippen MR) is 549 cm³/mol. The first kappa shape index (κ1) is 99.3. The summed E-state index contributed by atoms with van der Waals surface area (Å²) in [7, 11) is 0. The van der Waals surface area contributed by atoms with Crippen molar-refractivity contribution >= 4 is 91.9 Å². The van der Waals surface area contributed by atoms with E-state index >= 15 is 0 Å². The number of aromatic nitrogens is 8. The number of hydrogen-bond donors (Lipinski definition) is 2. The van der Waals surface area contributed by atoms with Crippen LogP contribution in [0.5, 0.6) is 0 Å². The number of aromatic amines is 2. The molecule has 0 amide bonds. The van der Waals surface area contributed by atoms with E-state index in [1.54, 1.807) is 55.4 Å². The lowest BCUT2D eigenvalue weighted by molar-refractivity contribution is -0.150. The summed E-state index contributed by atoms with van der Waals surface area (Å²) in [6.07, 6.45) is 0.971. The summed E-state index contributed by atoms with van der Waals surface area (Å²) in [4.78, 5) is 158. The van der Waals surface area contributed by atoms with Gasteiger partial charge in [-0.3, -0.25) is 38.4 Å². The lowest BCUT2D eigenvalue weighted by Crippen LogP contribution is -2.20. The quantitative estimate of drug-likeness (QED) is 0.0266.